The number of halogens is 1. The van der Waals surface area contributed by atoms with Crippen LogP contribution in [0.3, 0.4) is 0 Å². The molecule has 0 saturated carbocycles. The van der Waals surface area contributed by atoms with Crippen molar-refractivity contribution < 1.29 is 4.39 Å². The molecule has 29 heavy (non-hydrogen) atoms. The Bertz CT molecular complexity index is 917. The van der Waals surface area contributed by atoms with Crippen LogP contribution in [0, 0.1) is 5.82 Å². The molecule has 0 atom stereocenters. The molecule has 0 bridgehead atoms. The van der Waals surface area contributed by atoms with Crippen LogP contribution in [0.4, 0.5) is 4.39 Å². The lowest BCUT2D eigenvalue weighted by atomic mass is 9.99. The number of piperidine rings is 1. The SMILES string of the molecule is CN1CCC(N(Cc2ccccc2)Cc2cccc(-c3cccc(F)c3)c2)CC1. The van der Waals surface area contributed by atoms with E-state index in [4.69, 9.17) is 0 Å². The first-order valence-corrected chi connectivity index (χ1v) is 10.5. The predicted molar refractivity (Wildman–Crippen MR) is 118 cm³/mol. The first kappa shape index (κ1) is 19.8. The highest BCUT2D eigenvalue weighted by molar-refractivity contribution is 5.64. The summed E-state index contributed by atoms with van der Waals surface area (Å²) in [7, 11) is 2.21. The van der Waals surface area contributed by atoms with Crippen molar-refractivity contribution in [2.45, 2.75) is 32.0 Å². The van der Waals surface area contributed by atoms with Crippen molar-refractivity contribution in [3.05, 3.63) is 95.8 Å². The fraction of sp³-hybridized carbons (Fsp3) is 0.308. The molecule has 3 aromatic rings. The van der Waals surface area contributed by atoms with Crippen LogP contribution in [0.25, 0.3) is 11.1 Å². The first-order chi connectivity index (χ1) is 14.2. The minimum absolute atomic E-state index is 0.190. The molecule has 0 unspecified atom stereocenters. The van der Waals surface area contributed by atoms with Crippen LogP contribution in [0.15, 0.2) is 78.9 Å². The van der Waals surface area contributed by atoms with Gasteiger partial charge in [-0.1, -0.05) is 60.7 Å². The number of hydrogen-bond acceptors (Lipinski definition) is 2. The van der Waals surface area contributed by atoms with Crippen LogP contribution in [0.2, 0.25) is 0 Å². The van der Waals surface area contributed by atoms with Crippen LogP contribution in [0.5, 0.6) is 0 Å². The van der Waals surface area contributed by atoms with Crippen molar-refractivity contribution in [1.29, 1.82) is 0 Å². The molecule has 1 fully saturated rings. The highest BCUT2D eigenvalue weighted by Gasteiger charge is 2.23. The standard InChI is InChI=1S/C26H29FN2/c1-28-15-13-26(14-16-28)29(19-21-7-3-2-4-8-21)20-22-9-5-10-23(17-22)24-11-6-12-25(27)18-24/h2-12,17-18,26H,13-16,19-20H2,1H3. The fourth-order valence-electron chi connectivity index (χ4n) is 4.24. The number of nitrogens with zero attached hydrogens (tertiary/aromatic N) is 2. The van der Waals surface area contributed by atoms with Gasteiger partial charge in [-0.05, 0) is 73.4 Å². The van der Waals surface area contributed by atoms with Crippen molar-refractivity contribution >= 4 is 0 Å². The molecule has 0 radical (unpaired) electrons. The quantitative estimate of drug-likeness (QED) is 0.543. The number of hydrogen-bond donors (Lipinski definition) is 0. The lowest BCUT2D eigenvalue weighted by Crippen LogP contribution is -2.43. The van der Waals surface area contributed by atoms with Gasteiger partial charge in [0.25, 0.3) is 0 Å². The average Bonchev–Trinajstić information content (AvgIpc) is 2.75. The van der Waals surface area contributed by atoms with E-state index in [-0.39, 0.29) is 5.82 Å². The minimum atomic E-state index is -0.190. The Kier molecular flexibility index (Phi) is 6.38. The minimum Gasteiger partial charge on any atom is -0.306 e. The van der Waals surface area contributed by atoms with Crippen LogP contribution >= 0.6 is 0 Å². The Labute approximate surface area is 173 Å². The maximum Gasteiger partial charge on any atom is 0.123 e. The van der Waals surface area contributed by atoms with Crippen LogP contribution in [-0.4, -0.2) is 36.0 Å². The smallest absolute Gasteiger partial charge is 0.123 e. The van der Waals surface area contributed by atoms with Gasteiger partial charge in [0.2, 0.25) is 0 Å². The monoisotopic (exact) mass is 388 g/mol. The van der Waals surface area contributed by atoms with Crippen LogP contribution in [-0.2, 0) is 13.1 Å². The van der Waals surface area contributed by atoms with E-state index in [0.717, 1.165) is 37.3 Å². The van der Waals surface area contributed by atoms with Gasteiger partial charge in [0.1, 0.15) is 5.82 Å². The van der Waals surface area contributed by atoms with E-state index in [9.17, 15) is 4.39 Å². The van der Waals surface area contributed by atoms with Gasteiger partial charge in [-0.25, -0.2) is 4.39 Å². The molecule has 4 rings (SSSR count). The third-order valence-electron chi connectivity index (χ3n) is 5.90. The lowest BCUT2D eigenvalue weighted by Gasteiger charge is -2.37. The summed E-state index contributed by atoms with van der Waals surface area (Å²) in [6.07, 6.45) is 2.40. The summed E-state index contributed by atoms with van der Waals surface area (Å²) in [6, 6.07) is 26.7. The molecule has 0 N–H and O–H groups in total. The second-order valence-corrected chi connectivity index (χ2v) is 8.14. The Hall–Kier alpha value is -2.49. The van der Waals surface area contributed by atoms with Crippen molar-refractivity contribution in [2.75, 3.05) is 20.1 Å². The Morgan fingerprint density at radius 1 is 0.793 bits per heavy atom. The maximum atomic E-state index is 13.7. The lowest BCUT2D eigenvalue weighted by molar-refractivity contribution is 0.108. The van der Waals surface area contributed by atoms with Gasteiger partial charge in [-0.2, -0.15) is 0 Å². The molecule has 0 aromatic heterocycles. The van der Waals surface area contributed by atoms with Gasteiger partial charge in [-0.15, -0.1) is 0 Å². The third kappa shape index (κ3) is 5.31. The topological polar surface area (TPSA) is 6.48 Å². The normalized spacial score (nSPS) is 15.7. The van der Waals surface area contributed by atoms with Gasteiger partial charge in [0, 0.05) is 19.1 Å². The molecule has 150 valence electrons. The molecule has 2 nitrogen and oxygen atoms in total. The molecule has 0 spiro atoms. The van der Waals surface area contributed by atoms with Crippen LogP contribution in [0.1, 0.15) is 24.0 Å². The molecule has 1 saturated heterocycles. The van der Waals surface area contributed by atoms with E-state index >= 15 is 0 Å². The van der Waals surface area contributed by atoms with E-state index in [2.05, 4.69) is 71.4 Å². The van der Waals surface area contributed by atoms with Gasteiger partial charge in [0.15, 0.2) is 0 Å². The van der Waals surface area contributed by atoms with E-state index < -0.39 is 0 Å². The molecule has 1 aliphatic rings. The molecule has 1 aliphatic heterocycles. The maximum absolute atomic E-state index is 13.7. The summed E-state index contributed by atoms with van der Waals surface area (Å²) in [5, 5.41) is 0. The zero-order valence-corrected chi connectivity index (χ0v) is 17.1. The van der Waals surface area contributed by atoms with Crippen molar-refractivity contribution in [3.8, 4) is 11.1 Å². The predicted octanol–water partition coefficient (Wildman–Crippen LogP) is 5.59. The third-order valence-corrected chi connectivity index (χ3v) is 5.90. The van der Waals surface area contributed by atoms with Gasteiger partial charge in [0.05, 0.1) is 0 Å². The summed E-state index contributed by atoms with van der Waals surface area (Å²) in [5.74, 6) is -0.190. The Balaban J connectivity index is 1.56. The second-order valence-electron chi connectivity index (χ2n) is 8.14. The summed E-state index contributed by atoms with van der Waals surface area (Å²) < 4.78 is 13.7. The summed E-state index contributed by atoms with van der Waals surface area (Å²) in [4.78, 5) is 5.04. The van der Waals surface area contributed by atoms with E-state index in [1.54, 1.807) is 12.1 Å². The highest BCUT2D eigenvalue weighted by atomic mass is 19.1. The summed E-state index contributed by atoms with van der Waals surface area (Å²) in [5.41, 5.74) is 4.64. The molecule has 3 heteroatoms. The van der Waals surface area contributed by atoms with Crippen molar-refractivity contribution in [1.82, 2.24) is 9.80 Å². The molecule has 0 amide bonds. The van der Waals surface area contributed by atoms with Crippen molar-refractivity contribution in [3.63, 3.8) is 0 Å². The van der Waals surface area contributed by atoms with Gasteiger partial charge < -0.3 is 4.90 Å². The Morgan fingerprint density at radius 2 is 1.41 bits per heavy atom. The molecule has 3 aromatic carbocycles. The van der Waals surface area contributed by atoms with E-state index in [0.29, 0.717) is 6.04 Å². The zero-order valence-electron chi connectivity index (χ0n) is 17.1. The largest absolute Gasteiger partial charge is 0.306 e. The van der Waals surface area contributed by atoms with E-state index in [1.807, 2.05) is 6.07 Å². The second kappa shape index (κ2) is 9.34. The number of benzene rings is 3. The Morgan fingerprint density at radius 3 is 2.14 bits per heavy atom. The number of likely N-dealkylation sites (tertiary alicyclic amines) is 1. The average molecular weight is 389 g/mol. The van der Waals surface area contributed by atoms with Crippen molar-refractivity contribution in [2.24, 2.45) is 0 Å². The molecule has 0 aliphatic carbocycles. The fourth-order valence-corrected chi connectivity index (χ4v) is 4.24. The zero-order chi connectivity index (χ0) is 20.1. The highest BCUT2D eigenvalue weighted by Crippen LogP contribution is 2.25. The van der Waals surface area contributed by atoms with Gasteiger partial charge in [-0.3, -0.25) is 4.90 Å². The first-order valence-electron chi connectivity index (χ1n) is 10.5. The molecular formula is C26H29FN2. The van der Waals surface area contributed by atoms with Gasteiger partial charge >= 0.3 is 0 Å². The molecule has 1 heterocycles. The van der Waals surface area contributed by atoms with E-state index in [1.165, 1.54) is 30.0 Å². The summed E-state index contributed by atoms with van der Waals surface area (Å²) >= 11 is 0. The summed E-state index contributed by atoms with van der Waals surface area (Å²) in [6.45, 7) is 4.17. The number of rotatable bonds is 6. The molecular weight excluding hydrogens is 359 g/mol. The van der Waals surface area contributed by atoms with Crippen LogP contribution < -0.4 is 0 Å².